The molecule has 0 spiro atoms. The van der Waals surface area contributed by atoms with E-state index in [1.54, 1.807) is 0 Å². The van der Waals surface area contributed by atoms with Crippen LogP contribution >= 0.6 is 15.9 Å². The smallest absolute Gasteiger partial charge is 0.0359 e. The minimum Gasteiger partial charge on any atom is -0.310 e. The van der Waals surface area contributed by atoms with E-state index in [2.05, 4.69) is 60.2 Å². The standard InChI is InChI=1S/C17H26BrN/c1-4-19-17(14-8-5-12(2)6-9-14)15-10-7-13(3)11-16(15)18/h7,10-12,14,17,19H,4-6,8-9H2,1-3H3. The zero-order chi connectivity index (χ0) is 13.8. The highest BCUT2D eigenvalue weighted by atomic mass is 79.9. The van der Waals surface area contributed by atoms with Gasteiger partial charge in [0.2, 0.25) is 0 Å². The molecule has 2 heteroatoms. The third-order valence-electron chi connectivity index (χ3n) is 4.45. The summed E-state index contributed by atoms with van der Waals surface area (Å²) in [5.41, 5.74) is 2.76. The minimum atomic E-state index is 0.507. The van der Waals surface area contributed by atoms with Crippen LogP contribution in [-0.4, -0.2) is 6.54 Å². The van der Waals surface area contributed by atoms with Crippen molar-refractivity contribution < 1.29 is 0 Å². The van der Waals surface area contributed by atoms with Crippen molar-refractivity contribution >= 4 is 15.9 Å². The fourth-order valence-corrected chi connectivity index (χ4v) is 3.99. The molecule has 1 aromatic rings. The first-order chi connectivity index (χ1) is 9.11. The summed E-state index contributed by atoms with van der Waals surface area (Å²) in [6.07, 6.45) is 5.49. The van der Waals surface area contributed by atoms with Crippen molar-refractivity contribution in [2.45, 2.75) is 52.5 Å². The van der Waals surface area contributed by atoms with Crippen molar-refractivity contribution in [2.24, 2.45) is 11.8 Å². The zero-order valence-corrected chi connectivity index (χ0v) is 14.0. The number of benzene rings is 1. The summed E-state index contributed by atoms with van der Waals surface area (Å²) in [6, 6.07) is 7.28. The minimum absolute atomic E-state index is 0.507. The van der Waals surface area contributed by atoms with Crippen LogP contribution in [0.1, 0.15) is 56.7 Å². The third-order valence-corrected chi connectivity index (χ3v) is 5.13. The molecule has 1 saturated carbocycles. The molecule has 1 nitrogen and oxygen atoms in total. The molecule has 1 unspecified atom stereocenters. The van der Waals surface area contributed by atoms with Crippen molar-refractivity contribution in [1.29, 1.82) is 0 Å². The van der Waals surface area contributed by atoms with Crippen LogP contribution in [0, 0.1) is 18.8 Å². The van der Waals surface area contributed by atoms with Crippen LogP contribution in [-0.2, 0) is 0 Å². The van der Waals surface area contributed by atoms with Crippen LogP contribution < -0.4 is 5.32 Å². The number of nitrogens with one attached hydrogen (secondary N) is 1. The molecule has 0 aliphatic heterocycles. The van der Waals surface area contributed by atoms with E-state index >= 15 is 0 Å². The van der Waals surface area contributed by atoms with Gasteiger partial charge in [-0.15, -0.1) is 0 Å². The Bertz CT molecular complexity index is 408. The molecule has 106 valence electrons. The molecule has 0 bridgehead atoms. The highest BCUT2D eigenvalue weighted by molar-refractivity contribution is 9.10. The summed E-state index contributed by atoms with van der Waals surface area (Å²) >= 11 is 3.76. The van der Waals surface area contributed by atoms with Gasteiger partial charge in [0, 0.05) is 10.5 Å². The number of rotatable bonds is 4. The van der Waals surface area contributed by atoms with Crippen molar-refractivity contribution in [2.75, 3.05) is 6.54 Å². The Kier molecular flexibility index (Phi) is 5.47. The van der Waals surface area contributed by atoms with Gasteiger partial charge in [-0.1, -0.05) is 54.8 Å². The summed E-state index contributed by atoms with van der Waals surface area (Å²) in [4.78, 5) is 0. The first kappa shape index (κ1) is 15.1. The van der Waals surface area contributed by atoms with Crippen LogP contribution in [0.3, 0.4) is 0 Å². The molecule has 0 amide bonds. The molecule has 1 fully saturated rings. The average molecular weight is 324 g/mol. The maximum atomic E-state index is 3.76. The Morgan fingerprint density at radius 3 is 2.53 bits per heavy atom. The summed E-state index contributed by atoms with van der Waals surface area (Å²) in [5, 5.41) is 3.71. The number of hydrogen-bond acceptors (Lipinski definition) is 1. The largest absolute Gasteiger partial charge is 0.310 e. The van der Waals surface area contributed by atoms with E-state index in [9.17, 15) is 0 Å². The summed E-state index contributed by atoms with van der Waals surface area (Å²) in [5.74, 6) is 1.70. The second kappa shape index (κ2) is 6.90. The highest BCUT2D eigenvalue weighted by Crippen LogP contribution is 2.39. The molecular weight excluding hydrogens is 298 g/mol. The number of halogens is 1. The van der Waals surface area contributed by atoms with E-state index < -0.39 is 0 Å². The van der Waals surface area contributed by atoms with Gasteiger partial charge in [-0.2, -0.15) is 0 Å². The number of hydrogen-bond donors (Lipinski definition) is 1. The molecule has 1 aliphatic carbocycles. The first-order valence-corrected chi connectivity index (χ1v) is 8.40. The van der Waals surface area contributed by atoms with E-state index in [4.69, 9.17) is 0 Å². The monoisotopic (exact) mass is 323 g/mol. The Hall–Kier alpha value is -0.340. The van der Waals surface area contributed by atoms with Crippen molar-refractivity contribution in [1.82, 2.24) is 5.32 Å². The van der Waals surface area contributed by atoms with Gasteiger partial charge in [-0.25, -0.2) is 0 Å². The van der Waals surface area contributed by atoms with Crippen LogP contribution in [0.5, 0.6) is 0 Å². The second-order valence-corrected chi connectivity index (χ2v) is 6.93. The lowest BCUT2D eigenvalue weighted by molar-refractivity contribution is 0.233. The molecule has 19 heavy (non-hydrogen) atoms. The quantitative estimate of drug-likeness (QED) is 0.799. The van der Waals surface area contributed by atoms with Crippen LogP contribution in [0.4, 0.5) is 0 Å². The van der Waals surface area contributed by atoms with Crippen molar-refractivity contribution in [3.63, 3.8) is 0 Å². The van der Waals surface area contributed by atoms with Gasteiger partial charge in [0.25, 0.3) is 0 Å². The predicted molar refractivity (Wildman–Crippen MR) is 86.4 cm³/mol. The Morgan fingerprint density at radius 1 is 1.26 bits per heavy atom. The van der Waals surface area contributed by atoms with Crippen molar-refractivity contribution in [3.05, 3.63) is 33.8 Å². The highest BCUT2D eigenvalue weighted by Gasteiger charge is 2.27. The SMILES string of the molecule is CCNC(c1ccc(C)cc1Br)C1CCC(C)CC1. The van der Waals surface area contributed by atoms with Gasteiger partial charge >= 0.3 is 0 Å². The van der Waals surface area contributed by atoms with Crippen LogP contribution in [0.15, 0.2) is 22.7 Å². The normalized spacial score (nSPS) is 25.3. The molecule has 1 atom stereocenters. The second-order valence-electron chi connectivity index (χ2n) is 6.08. The zero-order valence-electron chi connectivity index (χ0n) is 12.4. The number of aryl methyl sites for hydroxylation is 1. The van der Waals surface area contributed by atoms with Crippen molar-refractivity contribution in [3.8, 4) is 0 Å². The first-order valence-electron chi connectivity index (χ1n) is 7.61. The maximum Gasteiger partial charge on any atom is 0.0359 e. The Morgan fingerprint density at radius 2 is 1.95 bits per heavy atom. The van der Waals surface area contributed by atoms with Crippen LogP contribution in [0.2, 0.25) is 0 Å². The van der Waals surface area contributed by atoms with E-state index in [0.29, 0.717) is 6.04 Å². The predicted octanol–water partition coefficient (Wildman–Crippen LogP) is 5.23. The fraction of sp³-hybridized carbons (Fsp3) is 0.647. The Labute approximate surface area is 126 Å². The average Bonchev–Trinajstić information content (AvgIpc) is 2.38. The molecule has 0 aromatic heterocycles. The Balaban J connectivity index is 2.19. The van der Waals surface area contributed by atoms with E-state index in [1.165, 1.54) is 41.3 Å². The summed E-state index contributed by atoms with van der Waals surface area (Å²) in [6.45, 7) is 7.79. The maximum absolute atomic E-state index is 3.76. The van der Waals surface area contributed by atoms with Gasteiger partial charge in [-0.3, -0.25) is 0 Å². The van der Waals surface area contributed by atoms with Gasteiger partial charge in [0.15, 0.2) is 0 Å². The van der Waals surface area contributed by atoms with E-state index in [-0.39, 0.29) is 0 Å². The molecule has 2 rings (SSSR count). The fourth-order valence-electron chi connectivity index (χ4n) is 3.25. The summed E-state index contributed by atoms with van der Waals surface area (Å²) < 4.78 is 1.26. The molecule has 1 N–H and O–H groups in total. The lowest BCUT2D eigenvalue weighted by atomic mass is 9.77. The topological polar surface area (TPSA) is 12.0 Å². The molecule has 0 heterocycles. The lowest BCUT2D eigenvalue weighted by Crippen LogP contribution is -2.31. The lowest BCUT2D eigenvalue weighted by Gasteiger charge is -2.34. The van der Waals surface area contributed by atoms with Gasteiger partial charge in [0.05, 0.1) is 0 Å². The molecule has 1 aliphatic rings. The molecule has 0 radical (unpaired) electrons. The van der Waals surface area contributed by atoms with Gasteiger partial charge < -0.3 is 5.32 Å². The molecule has 0 saturated heterocycles. The van der Waals surface area contributed by atoms with Crippen LogP contribution in [0.25, 0.3) is 0 Å². The van der Waals surface area contributed by atoms with Gasteiger partial charge in [0.1, 0.15) is 0 Å². The van der Waals surface area contributed by atoms with E-state index in [1.807, 2.05) is 0 Å². The third kappa shape index (κ3) is 3.82. The van der Waals surface area contributed by atoms with E-state index in [0.717, 1.165) is 18.4 Å². The summed E-state index contributed by atoms with van der Waals surface area (Å²) in [7, 11) is 0. The molecule has 1 aromatic carbocycles. The molecular formula is C17H26BrN. The van der Waals surface area contributed by atoms with Gasteiger partial charge in [-0.05, 0) is 55.3 Å².